The molecule has 0 atom stereocenters. The van der Waals surface area contributed by atoms with Crippen molar-refractivity contribution >= 4 is 16.0 Å². The lowest BCUT2D eigenvalue weighted by Gasteiger charge is -2.08. The van der Waals surface area contributed by atoms with Gasteiger partial charge in [0.05, 0.1) is 4.90 Å². The van der Waals surface area contributed by atoms with Gasteiger partial charge in [0.1, 0.15) is 5.69 Å². The van der Waals surface area contributed by atoms with E-state index in [0.29, 0.717) is 0 Å². The number of hydrogen-bond donors (Lipinski definition) is 3. The largest absolute Gasteiger partial charge is 0.289 e. The van der Waals surface area contributed by atoms with Crippen LogP contribution < -0.4 is 15.8 Å². The van der Waals surface area contributed by atoms with Crippen LogP contribution in [0.2, 0.25) is 0 Å². The second kappa shape index (κ2) is 5.39. The van der Waals surface area contributed by atoms with Gasteiger partial charge in [0, 0.05) is 0 Å². The van der Waals surface area contributed by atoms with Crippen LogP contribution in [0.15, 0.2) is 34.0 Å². The van der Waals surface area contributed by atoms with E-state index in [2.05, 4.69) is 25.4 Å². The van der Waals surface area contributed by atoms with Crippen LogP contribution in [0.3, 0.4) is 0 Å². The molecule has 9 heteroatoms. The van der Waals surface area contributed by atoms with Gasteiger partial charge in [-0.15, -0.1) is 15.0 Å². The van der Waals surface area contributed by atoms with Crippen LogP contribution in [0, 0.1) is 13.8 Å². The first-order chi connectivity index (χ1) is 9.38. The maximum absolute atomic E-state index is 12.0. The van der Waals surface area contributed by atoms with Gasteiger partial charge in [0.15, 0.2) is 0 Å². The van der Waals surface area contributed by atoms with Gasteiger partial charge in [-0.3, -0.25) is 15.2 Å². The van der Waals surface area contributed by atoms with Crippen molar-refractivity contribution in [1.82, 2.24) is 20.0 Å². The van der Waals surface area contributed by atoms with Crippen LogP contribution in [0.4, 0.5) is 5.95 Å². The summed E-state index contributed by atoms with van der Waals surface area (Å²) in [6.07, 6.45) is 0. The van der Waals surface area contributed by atoms with Crippen molar-refractivity contribution in [3.8, 4) is 0 Å². The summed E-state index contributed by atoms with van der Waals surface area (Å²) in [5.41, 5.74) is 2.99. The van der Waals surface area contributed by atoms with E-state index < -0.39 is 15.6 Å². The third-order valence-corrected chi connectivity index (χ3v) is 3.76. The molecule has 0 bridgehead atoms. The molecule has 0 aliphatic carbocycles. The zero-order valence-electron chi connectivity index (χ0n) is 10.8. The van der Waals surface area contributed by atoms with Crippen LogP contribution in [0.5, 0.6) is 0 Å². The molecule has 1 aromatic carbocycles. The summed E-state index contributed by atoms with van der Waals surface area (Å²) in [6.45, 7) is 3.35. The molecule has 0 radical (unpaired) electrons. The van der Waals surface area contributed by atoms with Gasteiger partial charge in [-0.05, 0) is 26.0 Å². The summed E-state index contributed by atoms with van der Waals surface area (Å²) >= 11 is 0. The standard InChI is InChI=1S/C11H13N5O3S/c1-7-3-5-9(6-4-7)20(18,19)16-15-11-12-10(17)8(2)13-14-11/h3-6,16H,1-2H3,(H2,12,14,15,17). The predicted molar refractivity (Wildman–Crippen MR) is 72.5 cm³/mol. The van der Waals surface area contributed by atoms with Gasteiger partial charge in [-0.25, -0.2) is 8.42 Å². The Bertz CT molecular complexity index is 767. The summed E-state index contributed by atoms with van der Waals surface area (Å²) in [5, 5.41) is 7.18. The SMILES string of the molecule is Cc1ccc(S(=O)(=O)NNc2nnc(C)c(=O)[nH]2)cc1. The maximum atomic E-state index is 12.0. The van der Waals surface area contributed by atoms with Crippen molar-refractivity contribution in [3.63, 3.8) is 0 Å². The van der Waals surface area contributed by atoms with Crippen LogP contribution in [0.1, 0.15) is 11.3 Å². The smallest absolute Gasteiger partial charge is 0.274 e. The van der Waals surface area contributed by atoms with E-state index in [4.69, 9.17) is 0 Å². The molecule has 2 aromatic rings. The third kappa shape index (κ3) is 3.19. The van der Waals surface area contributed by atoms with Crippen LogP contribution >= 0.6 is 0 Å². The van der Waals surface area contributed by atoms with Gasteiger partial charge in [0.2, 0.25) is 5.95 Å². The molecule has 20 heavy (non-hydrogen) atoms. The minimum Gasteiger partial charge on any atom is -0.289 e. The number of aromatic nitrogens is 3. The molecule has 3 N–H and O–H groups in total. The Hall–Kier alpha value is -2.26. The number of H-pyrrole nitrogens is 1. The summed E-state index contributed by atoms with van der Waals surface area (Å²) < 4.78 is 23.9. The van der Waals surface area contributed by atoms with E-state index >= 15 is 0 Å². The number of nitrogens with zero attached hydrogens (tertiary/aromatic N) is 2. The Morgan fingerprint density at radius 1 is 1.10 bits per heavy atom. The topological polar surface area (TPSA) is 117 Å². The summed E-state index contributed by atoms with van der Waals surface area (Å²) in [7, 11) is -3.75. The highest BCUT2D eigenvalue weighted by Gasteiger charge is 2.13. The van der Waals surface area contributed by atoms with E-state index in [1.165, 1.54) is 19.1 Å². The van der Waals surface area contributed by atoms with Gasteiger partial charge in [-0.1, -0.05) is 17.7 Å². The number of sulfonamides is 1. The van der Waals surface area contributed by atoms with E-state index in [-0.39, 0.29) is 16.5 Å². The highest BCUT2D eigenvalue weighted by atomic mass is 32.2. The number of hydrogen-bond acceptors (Lipinski definition) is 6. The molecule has 2 rings (SSSR count). The lowest BCUT2D eigenvalue weighted by atomic mass is 10.2. The Kier molecular flexibility index (Phi) is 3.81. The third-order valence-electron chi connectivity index (χ3n) is 2.50. The Labute approximate surface area is 115 Å². The molecule has 0 spiro atoms. The zero-order valence-corrected chi connectivity index (χ0v) is 11.7. The molecule has 0 aliphatic rings. The Morgan fingerprint density at radius 3 is 2.35 bits per heavy atom. The van der Waals surface area contributed by atoms with Crippen LogP contribution in [-0.4, -0.2) is 23.6 Å². The fourth-order valence-electron chi connectivity index (χ4n) is 1.34. The first-order valence-corrected chi connectivity index (χ1v) is 7.15. The molecule has 1 aromatic heterocycles. The first kappa shape index (κ1) is 14.2. The van der Waals surface area contributed by atoms with Crippen molar-refractivity contribution in [3.05, 3.63) is 45.9 Å². The van der Waals surface area contributed by atoms with Gasteiger partial charge in [-0.2, -0.15) is 0 Å². The summed E-state index contributed by atoms with van der Waals surface area (Å²) in [4.78, 5) is 15.8. The van der Waals surface area contributed by atoms with E-state index in [1.807, 2.05) is 6.92 Å². The molecule has 0 unspecified atom stereocenters. The lowest BCUT2D eigenvalue weighted by Crippen LogP contribution is -2.32. The number of hydrazine groups is 1. The van der Waals surface area contributed by atoms with Crippen molar-refractivity contribution < 1.29 is 8.42 Å². The molecule has 1 heterocycles. The summed E-state index contributed by atoms with van der Waals surface area (Å²) in [5.74, 6) is -0.0868. The molecule has 8 nitrogen and oxygen atoms in total. The van der Waals surface area contributed by atoms with E-state index in [9.17, 15) is 13.2 Å². The highest BCUT2D eigenvalue weighted by Crippen LogP contribution is 2.09. The Balaban J connectivity index is 2.15. The van der Waals surface area contributed by atoms with Gasteiger partial charge < -0.3 is 0 Å². The van der Waals surface area contributed by atoms with Crippen molar-refractivity contribution in [1.29, 1.82) is 0 Å². The zero-order chi connectivity index (χ0) is 14.8. The molecular weight excluding hydrogens is 282 g/mol. The van der Waals surface area contributed by atoms with E-state index in [1.54, 1.807) is 12.1 Å². The number of rotatable bonds is 4. The number of anilines is 1. The van der Waals surface area contributed by atoms with Gasteiger partial charge in [0.25, 0.3) is 15.6 Å². The van der Waals surface area contributed by atoms with Crippen molar-refractivity contribution in [2.75, 3.05) is 5.43 Å². The van der Waals surface area contributed by atoms with Crippen LogP contribution in [0.25, 0.3) is 0 Å². The Morgan fingerprint density at radius 2 is 1.75 bits per heavy atom. The molecule has 106 valence electrons. The average molecular weight is 295 g/mol. The number of aromatic amines is 1. The quantitative estimate of drug-likeness (QED) is 0.688. The first-order valence-electron chi connectivity index (χ1n) is 5.66. The molecule has 0 aliphatic heterocycles. The molecule has 0 amide bonds. The fraction of sp³-hybridized carbons (Fsp3) is 0.182. The molecule has 0 saturated carbocycles. The van der Waals surface area contributed by atoms with E-state index in [0.717, 1.165) is 5.56 Å². The van der Waals surface area contributed by atoms with Crippen molar-refractivity contribution in [2.45, 2.75) is 18.7 Å². The minimum atomic E-state index is -3.75. The number of nitrogens with one attached hydrogen (secondary N) is 3. The predicted octanol–water partition coefficient (Wildman–Crippen LogP) is 0.0871. The van der Waals surface area contributed by atoms with Crippen LogP contribution in [-0.2, 0) is 10.0 Å². The average Bonchev–Trinajstić information content (AvgIpc) is 2.41. The lowest BCUT2D eigenvalue weighted by molar-refractivity contribution is 0.587. The van der Waals surface area contributed by atoms with Crippen molar-refractivity contribution in [2.24, 2.45) is 0 Å². The highest BCUT2D eigenvalue weighted by molar-refractivity contribution is 7.89. The summed E-state index contributed by atoms with van der Waals surface area (Å²) in [6, 6.07) is 6.32. The molecular formula is C11H13N5O3S. The maximum Gasteiger partial charge on any atom is 0.274 e. The van der Waals surface area contributed by atoms with Gasteiger partial charge >= 0.3 is 0 Å². The minimum absolute atomic E-state index is 0.0868. The monoisotopic (exact) mass is 295 g/mol. The number of aryl methyl sites for hydroxylation is 2. The molecule has 0 fully saturated rings. The second-order valence-corrected chi connectivity index (χ2v) is 5.81. The number of benzene rings is 1. The normalized spacial score (nSPS) is 11.3. The fourth-order valence-corrected chi connectivity index (χ4v) is 2.18. The second-order valence-electron chi connectivity index (χ2n) is 4.13. The molecule has 0 saturated heterocycles.